The summed E-state index contributed by atoms with van der Waals surface area (Å²) in [7, 11) is 0. The molecule has 4 fully saturated rings. The minimum atomic E-state index is -1.23. The van der Waals surface area contributed by atoms with Crippen molar-refractivity contribution in [1.29, 1.82) is 0 Å². The van der Waals surface area contributed by atoms with Gasteiger partial charge in [0.25, 0.3) is 5.91 Å². The molecule has 0 unspecified atom stereocenters. The van der Waals surface area contributed by atoms with Crippen molar-refractivity contribution in [3.63, 3.8) is 0 Å². The lowest BCUT2D eigenvalue weighted by atomic mass is 9.80. The Morgan fingerprint density at radius 2 is 1.46 bits per heavy atom. The van der Waals surface area contributed by atoms with Crippen molar-refractivity contribution in [3.05, 3.63) is 0 Å². The van der Waals surface area contributed by atoms with E-state index in [4.69, 9.17) is 0 Å². The smallest absolute Gasteiger partial charge is 0.315 e. The van der Waals surface area contributed by atoms with E-state index in [1.807, 2.05) is 55.4 Å². The van der Waals surface area contributed by atoms with Gasteiger partial charge in [-0.05, 0) is 54.8 Å². The maximum Gasteiger partial charge on any atom is 0.315 e. The Balaban J connectivity index is 1.42. The molecule has 0 spiro atoms. The molecule has 2 saturated heterocycles. The second kappa shape index (κ2) is 12.6. The SMILES string of the molecule is CC1(C)CC(=O)N(C[C@@H](NC(=O)N[C@H](C(=O)N2CCC[C@H]2C(=O)NC2(C(=O)C(=O)NC3CC3)CC2)C(C)(C)C)C(C)(C)C)C(=O)C1. The number of hydrogen-bond donors (Lipinski definition) is 4. The van der Waals surface area contributed by atoms with Crippen LogP contribution in [0.2, 0.25) is 0 Å². The van der Waals surface area contributed by atoms with Gasteiger partial charge in [-0.25, -0.2) is 4.79 Å². The fourth-order valence-corrected chi connectivity index (χ4v) is 6.13. The zero-order valence-electron chi connectivity index (χ0n) is 28.6. The first-order valence-corrected chi connectivity index (χ1v) is 16.5. The van der Waals surface area contributed by atoms with Crippen molar-refractivity contribution >= 4 is 41.4 Å². The number of Topliss-reactive ketones (excluding diaryl/α,β-unsaturated/α-hetero) is 1. The molecule has 7 amide bonds. The minimum Gasteiger partial charge on any atom is -0.347 e. The summed E-state index contributed by atoms with van der Waals surface area (Å²) in [5.74, 6) is -2.82. The molecular weight excluding hydrogens is 592 g/mol. The Labute approximate surface area is 271 Å². The summed E-state index contributed by atoms with van der Waals surface area (Å²) in [6.07, 6.45) is 3.83. The molecule has 2 saturated carbocycles. The summed E-state index contributed by atoms with van der Waals surface area (Å²) in [6, 6.07) is -3.07. The molecule has 13 heteroatoms. The Morgan fingerprint density at radius 1 is 0.870 bits per heavy atom. The summed E-state index contributed by atoms with van der Waals surface area (Å²) >= 11 is 0. The number of imide groups is 1. The molecule has 0 aromatic carbocycles. The van der Waals surface area contributed by atoms with Crippen molar-refractivity contribution in [3.8, 4) is 0 Å². The van der Waals surface area contributed by atoms with Gasteiger partial charge in [0.1, 0.15) is 17.6 Å². The van der Waals surface area contributed by atoms with E-state index in [0.717, 1.165) is 12.8 Å². The van der Waals surface area contributed by atoms with Crippen LogP contribution in [0.15, 0.2) is 0 Å². The van der Waals surface area contributed by atoms with Gasteiger partial charge < -0.3 is 26.2 Å². The second-order valence-corrected chi connectivity index (χ2v) is 16.6. The fraction of sp³-hybridized carbons (Fsp3) is 0.788. The molecule has 3 atom stereocenters. The normalized spacial score (nSPS) is 23.7. The van der Waals surface area contributed by atoms with E-state index in [-0.39, 0.29) is 37.2 Å². The van der Waals surface area contributed by atoms with Gasteiger partial charge in [0.2, 0.25) is 29.4 Å². The molecule has 13 nitrogen and oxygen atoms in total. The van der Waals surface area contributed by atoms with E-state index in [0.29, 0.717) is 32.2 Å². The number of piperidine rings is 1. The largest absolute Gasteiger partial charge is 0.347 e. The number of urea groups is 1. The van der Waals surface area contributed by atoms with Crippen molar-refractivity contribution < 1.29 is 33.6 Å². The first kappa shape index (κ1) is 35.3. The van der Waals surface area contributed by atoms with Crippen LogP contribution in [-0.4, -0.2) is 93.9 Å². The quantitative estimate of drug-likeness (QED) is 0.207. The molecule has 4 N–H and O–H groups in total. The topological polar surface area (TPSA) is 174 Å². The molecule has 0 bridgehead atoms. The van der Waals surface area contributed by atoms with Crippen molar-refractivity contribution in [1.82, 2.24) is 31.1 Å². The van der Waals surface area contributed by atoms with Crippen LogP contribution in [0.25, 0.3) is 0 Å². The van der Waals surface area contributed by atoms with Gasteiger partial charge in [0.05, 0.1) is 6.04 Å². The Hall–Kier alpha value is -3.51. The number of carbonyl (C=O) groups excluding carboxylic acids is 7. The monoisotopic (exact) mass is 644 g/mol. The molecule has 0 radical (unpaired) electrons. The third kappa shape index (κ3) is 8.25. The predicted octanol–water partition coefficient (Wildman–Crippen LogP) is 1.78. The molecule has 4 rings (SSSR count). The molecule has 4 aliphatic rings. The molecular formula is C33H52N6O7. The van der Waals surface area contributed by atoms with E-state index < -0.39 is 69.4 Å². The van der Waals surface area contributed by atoms with Crippen LogP contribution in [0.4, 0.5) is 4.79 Å². The summed E-state index contributed by atoms with van der Waals surface area (Å²) in [5.41, 5.74) is -2.93. The number of likely N-dealkylation sites (tertiary alicyclic amines) is 2. The standard InChI is InChI=1S/C33H52N6O7/c1-30(2,3)21(18-39-22(40)16-32(7,8)17-23(39)41)35-29(46)36-24(31(4,5)6)28(45)38-15-9-10-20(38)26(43)37-33(13-14-33)25(42)27(44)34-19-11-12-19/h19-21,24H,9-18H2,1-8H3,(H,34,44)(H,37,43)(H2,35,36,46)/t20-,21+,24+/m0/s1. The first-order chi connectivity index (χ1) is 21.1. The maximum absolute atomic E-state index is 14.0. The van der Waals surface area contributed by atoms with E-state index in [2.05, 4.69) is 21.3 Å². The van der Waals surface area contributed by atoms with Crippen LogP contribution >= 0.6 is 0 Å². The van der Waals surface area contributed by atoms with Crippen LogP contribution in [0.1, 0.15) is 107 Å². The van der Waals surface area contributed by atoms with E-state index in [1.165, 1.54) is 9.80 Å². The van der Waals surface area contributed by atoms with Crippen LogP contribution in [0.3, 0.4) is 0 Å². The summed E-state index contributed by atoms with van der Waals surface area (Å²) < 4.78 is 0. The fourth-order valence-electron chi connectivity index (χ4n) is 6.13. The molecule has 0 aromatic heterocycles. The van der Waals surface area contributed by atoms with Gasteiger partial charge in [-0.3, -0.25) is 33.7 Å². The molecule has 46 heavy (non-hydrogen) atoms. The van der Waals surface area contributed by atoms with Gasteiger partial charge in [-0.1, -0.05) is 55.4 Å². The maximum atomic E-state index is 14.0. The van der Waals surface area contributed by atoms with Gasteiger partial charge >= 0.3 is 6.03 Å². The van der Waals surface area contributed by atoms with E-state index in [1.54, 1.807) is 0 Å². The number of nitrogens with zero attached hydrogens (tertiary/aromatic N) is 2. The van der Waals surface area contributed by atoms with Crippen LogP contribution in [0.5, 0.6) is 0 Å². The Bertz CT molecular complexity index is 1270. The highest BCUT2D eigenvalue weighted by molar-refractivity contribution is 6.41. The average molecular weight is 645 g/mol. The molecule has 0 aromatic rings. The number of hydrogen-bond acceptors (Lipinski definition) is 7. The number of amides is 7. The molecule has 2 heterocycles. The van der Waals surface area contributed by atoms with Gasteiger partial charge in [0.15, 0.2) is 0 Å². The summed E-state index contributed by atoms with van der Waals surface area (Å²) in [5, 5.41) is 11.2. The number of ketones is 1. The zero-order valence-corrected chi connectivity index (χ0v) is 28.6. The highest BCUT2D eigenvalue weighted by Crippen LogP contribution is 2.38. The average Bonchev–Trinajstić information content (AvgIpc) is 3.84. The lowest BCUT2D eigenvalue weighted by Gasteiger charge is -2.40. The third-order valence-corrected chi connectivity index (χ3v) is 9.47. The Kier molecular flexibility index (Phi) is 9.68. The highest BCUT2D eigenvalue weighted by atomic mass is 16.2. The lowest BCUT2D eigenvalue weighted by molar-refractivity contribution is -0.153. The first-order valence-electron chi connectivity index (χ1n) is 16.5. The second-order valence-electron chi connectivity index (χ2n) is 16.6. The number of nitrogens with one attached hydrogen (secondary N) is 4. The van der Waals surface area contributed by atoms with Gasteiger partial charge in [-0.2, -0.15) is 0 Å². The molecule has 256 valence electrons. The minimum absolute atomic E-state index is 0.00627. The van der Waals surface area contributed by atoms with Crippen LogP contribution in [0, 0.1) is 16.2 Å². The lowest BCUT2D eigenvalue weighted by Crippen LogP contribution is -2.62. The summed E-state index contributed by atoms with van der Waals surface area (Å²) in [6.45, 7) is 15.2. The van der Waals surface area contributed by atoms with Gasteiger partial charge in [0, 0.05) is 32.0 Å². The van der Waals surface area contributed by atoms with E-state index in [9.17, 15) is 33.6 Å². The Morgan fingerprint density at radius 3 is 1.96 bits per heavy atom. The van der Waals surface area contributed by atoms with Crippen LogP contribution < -0.4 is 21.3 Å². The van der Waals surface area contributed by atoms with Gasteiger partial charge in [-0.15, -0.1) is 0 Å². The number of carbonyl (C=O) groups is 7. The van der Waals surface area contributed by atoms with Crippen molar-refractivity contribution in [2.75, 3.05) is 13.1 Å². The molecule has 2 aliphatic carbocycles. The zero-order chi connectivity index (χ0) is 34.4. The third-order valence-electron chi connectivity index (χ3n) is 9.47. The van der Waals surface area contributed by atoms with Crippen molar-refractivity contribution in [2.45, 2.75) is 136 Å². The summed E-state index contributed by atoms with van der Waals surface area (Å²) in [4.78, 5) is 94.6. The van der Waals surface area contributed by atoms with Crippen LogP contribution in [-0.2, 0) is 28.8 Å². The molecule has 2 aliphatic heterocycles. The van der Waals surface area contributed by atoms with Crippen molar-refractivity contribution in [2.24, 2.45) is 16.2 Å². The predicted molar refractivity (Wildman–Crippen MR) is 169 cm³/mol. The number of rotatable bonds is 10. The van der Waals surface area contributed by atoms with E-state index >= 15 is 0 Å². The highest BCUT2D eigenvalue weighted by Gasteiger charge is 2.55.